The second kappa shape index (κ2) is 5.18. The van der Waals surface area contributed by atoms with Crippen LogP contribution >= 0.6 is 11.3 Å². The van der Waals surface area contributed by atoms with E-state index in [0.717, 1.165) is 0 Å². The average Bonchev–Trinajstić information content (AvgIpc) is 2.77. The maximum atomic E-state index is 12.0. The van der Waals surface area contributed by atoms with E-state index in [1.54, 1.807) is 12.3 Å². The van der Waals surface area contributed by atoms with Crippen LogP contribution in [0.2, 0.25) is 0 Å². The van der Waals surface area contributed by atoms with Gasteiger partial charge in [0.15, 0.2) is 0 Å². The van der Waals surface area contributed by atoms with Crippen molar-refractivity contribution in [2.75, 3.05) is 0 Å². The van der Waals surface area contributed by atoms with Crippen molar-refractivity contribution in [1.29, 1.82) is 0 Å². The van der Waals surface area contributed by atoms with Gasteiger partial charge < -0.3 is 9.84 Å². The zero-order chi connectivity index (χ0) is 14.0. The van der Waals surface area contributed by atoms with Gasteiger partial charge in [0.25, 0.3) is 0 Å². The summed E-state index contributed by atoms with van der Waals surface area (Å²) in [7, 11) is 0. The second-order valence-electron chi connectivity index (χ2n) is 3.82. The van der Waals surface area contributed by atoms with Crippen LogP contribution < -0.4 is 4.74 Å². The quantitative estimate of drug-likeness (QED) is 0.935. The van der Waals surface area contributed by atoms with Gasteiger partial charge in [0.1, 0.15) is 16.9 Å². The normalized spacial score (nSPS) is 13.3. The molecule has 0 aliphatic carbocycles. The molecule has 2 rings (SSSR count). The van der Waals surface area contributed by atoms with Gasteiger partial charge in [0, 0.05) is 10.9 Å². The molecule has 0 spiro atoms. The highest BCUT2D eigenvalue weighted by Gasteiger charge is 2.30. The first-order valence-corrected chi connectivity index (χ1v) is 6.23. The van der Waals surface area contributed by atoms with Crippen LogP contribution in [-0.2, 0) is 0 Å². The van der Waals surface area contributed by atoms with Gasteiger partial charge in [-0.25, -0.2) is 4.98 Å². The summed E-state index contributed by atoms with van der Waals surface area (Å²) in [4.78, 5) is 4.19. The van der Waals surface area contributed by atoms with E-state index in [9.17, 15) is 18.3 Å². The Morgan fingerprint density at radius 3 is 2.37 bits per heavy atom. The van der Waals surface area contributed by atoms with Gasteiger partial charge in [0.05, 0.1) is 5.69 Å². The Balaban J connectivity index is 2.17. The molecule has 1 aromatic heterocycles. The summed E-state index contributed by atoms with van der Waals surface area (Å²) in [6.07, 6.45) is -5.35. The van der Waals surface area contributed by atoms with Crippen LogP contribution in [0.4, 0.5) is 13.2 Å². The van der Waals surface area contributed by atoms with Crippen LogP contribution in [0.3, 0.4) is 0 Å². The molecule has 102 valence electrons. The van der Waals surface area contributed by atoms with Crippen molar-refractivity contribution in [2.45, 2.75) is 19.4 Å². The lowest BCUT2D eigenvalue weighted by atomic mass is 10.2. The van der Waals surface area contributed by atoms with Crippen LogP contribution in [0.1, 0.15) is 18.0 Å². The van der Waals surface area contributed by atoms with Crippen molar-refractivity contribution in [3.05, 3.63) is 34.7 Å². The van der Waals surface area contributed by atoms with Gasteiger partial charge in [-0.2, -0.15) is 0 Å². The number of aromatic nitrogens is 1. The van der Waals surface area contributed by atoms with E-state index in [2.05, 4.69) is 9.72 Å². The molecule has 0 fully saturated rings. The summed E-state index contributed by atoms with van der Waals surface area (Å²) in [6, 6.07) is 5.43. The summed E-state index contributed by atoms with van der Waals surface area (Å²) >= 11 is 1.29. The monoisotopic (exact) mass is 289 g/mol. The first-order chi connectivity index (χ1) is 8.85. The van der Waals surface area contributed by atoms with Gasteiger partial charge in [-0.3, -0.25) is 0 Å². The fourth-order valence-corrected chi connectivity index (χ4v) is 2.21. The van der Waals surface area contributed by atoms with Gasteiger partial charge >= 0.3 is 6.36 Å². The molecule has 1 unspecified atom stereocenters. The smallest absolute Gasteiger partial charge is 0.406 e. The molecule has 0 saturated carbocycles. The third kappa shape index (κ3) is 3.68. The maximum absolute atomic E-state index is 12.0. The SMILES string of the molecule is CC(O)c1nc(-c2ccc(OC(F)(F)F)cc2)cs1. The van der Waals surface area contributed by atoms with Gasteiger partial charge in [0.2, 0.25) is 0 Å². The Morgan fingerprint density at radius 1 is 1.26 bits per heavy atom. The lowest BCUT2D eigenvalue weighted by Gasteiger charge is -2.08. The molecule has 0 bridgehead atoms. The number of rotatable bonds is 3. The minimum absolute atomic E-state index is 0.276. The molecule has 1 atom stereocenters. The van der Waals surface area contributed by atoms with E-state index in [4.69, 9.17) is 0 Å². The first-order valence-electron chi connectivity index (χ1n) is 5.35. The zero-order valence-corrected chi connectivity index (χ0v) is 10.6. The number of ether oxygens (including phenoxy) is 1. The molecule has 0 radical (unpaired) electrons. The lowest BCUT2D eigenvalue weighted by molar-refractivity contribution is -0.274. The Kier molecular flexibility index (Phi) is 3.77. The van der Waals surface area contributed by atoms with Gasteiger partial charge in [-0.1, -0.05) is 0 Å². The highest BCUT2D eigenvalue weighted by Crippen LogP contribution is 2.28. The van der Waals surface area contributed by atoms with Crippen molar-refractivity contribution in [1.82, 2.24) is 4.98 Å². The van der Waals surface area contributed by atoms with E-state index in [1.807, 2.05) is 0 Å². The molecule has 7 heteroatoms. The van der Waals surface area contributed by atoms with E-state index in [0.29, 0.717) is 16.3 Å². The third-order valence-electron chi connectivity index (χ3n) is 2.26. The second-order valence-corrected chi connectivity index (χ2v) is 4.71. The summed E-state index contributed by atoms with van der Waals surface area (Å²) in [6.45, 7) is 1.60. The lowest BCUT2D eigenvalue weighted by Crippen LogP contribution is -2.16. The minimum atomic E-state index is -4.69. The van der Waals surface area contributed by atoms with E-state index >= 15 is 0 Å². The molecule has 2 aromatic rings. The minimum Gasteiger partial charge on any atom is -0.406 e. The van der Waals surface area contributed by atoms with Crippen molar-refractivity contribution in [3.8, 4) is 17.0 Å². The molecule has 0 aliphatic heterocycles. The topological polar surface area (TPSA) is 42.4 Å². The van der Waals surface area contributed by atoms with Crippen LogP contribution in [0.15, 0.2) is 29.6 Å². The van der Waals surface area contributed by atoms with Crippen LogP contribution in [0.5, 0.6) is 5.75 Å². The summed E-state index contributed by atoms with van der Waals surface area (Å²) < 4.78 is 39.8. The number of thiazole rings is 1. The van der Waals surface area contributed by atoms with E-state index < -0.39 is 12.5 Å². The predicted molar refractivity (Wildman–Crippen MR) is 64.9 cm³/mol. The zero-order valence-electron chi connectivity index (χ0n) is 9.81. The van der Waals surface area contributed by atoms with Gasteiger partial charge in [-0.15, -0.1) is 24.5 Å². The van der Waals surface area contributed by atoms with Crippen LogP contribution in [0.25, 0.3) is 11.3 Å². The molecule has 1 aromatic carbocycles. The number of aliphatic hydroxyl groups is 1. The fourth-order valence-electron chi connectivity index (χ4n) is 1.44. The van der Waals surface area contributed by atoms with Crippen LogP contribution in [0, 0.1) is 0 Å². The summed E-state index contributed by atoms with van der Waals surface area (Å²) in [5.74, 6) is -0.276. The molecule has 3 nitrogen and oxygen atoms in total. The summed E-state index contributed by atoms with van der Waals surface area (Å²) in [5.41, 5.74) is 1.28. The average molecular weight is 289 g/mol. The molecule has 0 amide bonds. The number of nitrogens with zero attached hydrogens (tertiary/aromatic N) is 1. The number of benzene rings is 1. The molecule has 1 N–H and O–H groups in total. The molecule has 0 saturated heterocycles. The third-order valence-corrected chi connectivity index (χ3v) is 3.28. The molecular weight excluding hydrogens is 279 g/mol. The Hall–Kier alpha value is -1.60. The fraction of sp³-hybridized carbons (Fsp3) is 0.250. The summed E-state index contributed by atoms with van der Waals surface area (Å²) in [5, 5.41) is 11.7. The number of alkyl halides is 3. The van der Waals surface area contributed by atoms with E-state index in [1.165, 1.54) is 35.6 Å². The van der Waals surface area contributed by atoms with Crippen molar-refractivity contribution >= 4 is 11.3 Å². The van der Waals surface area contributed by atoms with Crippen molar-refractivity contribution in [2.24, 2.45) is 0 Å². The Morgan fingerprint density at radius 2 is 1.89 bits per heavy atom. The Labute approximate surface area is 111 Å². The first kappa shape index (κ1) is 13.8. The maximum Gasteiger partial charge on any atom is 0.573 e. The largest absolute Gasteiger partial charge is 0.573 e. The van der Waals surface area contributed by atoms with Crippen LogP contribution in [-0.4, -0.2) is 16.5 Å². The number of aliphatic hydroxyl groups excluding tert-OH is 1. The molecule has 1 heterocycles. The Bertz CT molecular complexity index is 549. The van der Waals surface area contributed by atoms with Gasteiger partial charge in [-0.05, 0) is 31.2 Å². The van der Waals surface area contributed by atoms with Crippen molar-refractivity contribution < 1.29 is 23.0 Å². The highest BCUT2D eigenvalue weighted by molar-refractivity contribution is 7.10. The highest BCUT2D eigenvalue weighted by atomic mass is 32.1. The standard InChI is InChI=1S/C12H10F3NO2S/c1-7(17)11-16-10(6-19-11)8-2-4-9(5-3-8)18-12(13,14)15/h2-7,17H,1H3. The molecular formula is C12H10F3NO2S. The predicted octanol–water partition coefficient (Wildman–Crippen LogP) is 3.76. The molecule has 0 aliphatic rings. The molecule has 19 heavy (non-hydrogen) atoms. The number of hydrogen-bond donors (Lipinski definition) is 1. The van der Waals surface area contributed by atoms with E-state index in [-0.39, 0.29) is 5.75 Å². The number of halogens is 3. The van der Waals surface area contributed by atoms with Crippen molar-refractivity contribution in [3.63, 3.8) is 0 Å². The number of hydrogen-bond acceptors (Lipinski definition) is 4.